The van der Waals surface area contributed by atoms with Crippen molar-refractivity contribution in [2.75, 3.05) is 59.5 Å². The molecule has 0 amide bonds. The van der Waals surface area contributed by atoms with Gasteiger partial charge in [0, 0.05) is 6.61 Å². The van der Waals surface area contributed by atoms with Crippen LogP contribution in [0.2, 0.25) is 0 Å². The maximum absolute atomic E-state index is 11.9. The number of aryl methyl sites for hydroxylation is 1. The molecule has 1 aromatic carbocycles. The van der Waals surface area contributed by atoms with E-state index in [-0.39, 0.29) is 18.1 Å². The number of hydrogen-bond acceptors (Lipinski definition) is 7. The van der Waals surface area contributed by atoms with Gasteiger partial charge in [0.1, 0.15) is 0 Å². The molecular formula is C17H28O7S. The second-order valence-electron chi connectivity index (χ2n) is 5.12. The lowest BCUT2D eigenvalue weighted by molar-refractivity contribution is -0.00321. The fourth-order valence-corrected chi connectivity index (χ4v) is 2.67. The van der Waals surface area contributed by atoms with E-state index in [4.69, 9.17) is 23.1 Å². The normalized spacial score (nSPS) is 11.8. The van der Waals surface area contributed by atoms with Crippen molar-refractivity contribution < 1.29 is 31.5 Å². The lowest BCUT2D eigenvalue weighted by atomic mass is 10.2. The number of hydrogen-bond donors (Lipinski definition) is 0. The summed E-state index contributed by atoms with van der Waals surface area (Å²) in [7, 11) is -3.73. The topological polar surface area (TPSA) is 80.3 Å². The Morgan fingerprint density at radius 2 is 1.16 bits per heavy atom. The van der Waals surface area contributed by atoms with Crippen molar-refractivity contribution in [1.82, 2.24) is 0 Å². The van der Waals surface area contributed by atoms with Crippen LogP contribution in [-0.2, 0) is 33.2 Å². The summed E-state index contributed by atoms with van der Waals surface area (Å²) >= 11 is 0. The smallest absolute Gasteiger partial charge is 0.297 e. The molecule has 8 heteroatoms. The van der Waals surface area contributed by atoms with E-state index >= 15 is 0 Å². The highest BCUT2D eigenvalue weighted by molar-refractivity contribution is 7.86. The van der Waals surface area contributed by atoms with Gasteiger partial charge in [-0.1, -0.05) is 17.7 Å². The van der Waals surface area contributed by atoms with Crippen LogP contribution in [0.25, 0.3) is 0 Å². The zero-order chi connectivity index (χ0) is 18.4. The Kier molecular flexibility index (Phi) is 11.6. The fourth-order valence-electron chi connectivity index (χ4n) is 1.78. The minimum atomic E-state index is -3.73. The van der Waals surface area contributed by atoms with Crippen molar-refractivity contribution in [3.8, 4) is 0 Å². The van der Waals surface area contributed by atoms with E-state index in [1.165, 1.54) is 12.1 Å². The van der Waals surface area contributed by atoms with E-state index in [0.29, 0.717) is 46.2 Å². The Balaban J connectivity index is 1.97. The average Bonchev–Trinajstić information content (AvgIpc) is 2.59. The Bertz CT molecular complexity index is 543. The van der Waals surface area contributed by atoms with Crippen molar-refractivity contribution in [1.29, 1.82) is 0 Å². The summed E-state index contributed by atoms with van der Waals surface area (Å²) in [5.41, 5.74) is 0.988. The van der Waals surface area contributed by atoms with Gasteiger partial charge in [0.05, 0.1) is 57.8 Å². The van der Waals surface area contributed by atoms with Crippen LogP contribution in [0.3, 0.4) is 0 Å². The number of rotatable bonds is 15. The summed E-state index contributed by atoms with van der Waals surface area (Å²) < 4.78 is 49.8. The third-order valence-corrected chi connectivity index (χ3v) is 4.42. The van der Waals surface area contributed by atoms with E-state index in [2.05, 4.69) is 0 Å². The Morgan fingerprint density at radius 3 is 1.64 bits per heavy atom. The molecule has 25 heavy (non-hydrogen) atoms. The lowest BCUT2D eigenvalue weighted by Gasteiger charge is -2.08. The molecule has 0 bridgehead atoms. The average molecular weight is 376 g/mol. The summed E-state index contributed by atoms with van der Waals surface area (Å²) in [6.07, 6.45) is 0. The molecule has 144 valence electrons. The molecule has 0 spiro atoms. The van der Waals surface area contributed by atoms with E-state index in [0.717, 1.165) is 5.56 Å². The molecule has 7 nitrogen and oxygen atoms in total. The minimum absolute atomic E-state index is 0.0310. The summed E-state index contributed by atoms with van der Waals surface area (Å²) in [4.78, 5) is 0.144. The van der Waals surface area contributed by atoms with Gasteiger partial charge in [-0.05, 0) is 26.0 Å². The summed E-state index contributed by atoms with van der Waals surface area (Å²) in [5.74, 6) is 0. The van der Waals surface area contributed by atoms with Gasteiger partial charge in [0.25, 0.3) is 10.1 Å². The first-order chi connectivity index (χ1) is 12.1. The molecule has 0 saturated carbocycles. The minimum Gasteiger partial charge on any atom is -0.379 e. The second-order valence-corrected chi connectivity index (χ2v) is 6.74. The first-order valence-electron chi connectivity index (χ1n) is 8.33. The van der Waals surface area contributed by atoms with Crippen LogP contribution in [0, 0.1) is 6.92 Å². The predicted molar refractivity (Wildman–Crippen MR) is 93.3 cm³/mol. The Hall–Kier alpha value is -1.03. The quantitative estimate of drug-likeness (QED) is 0.341. The lowest BCUT2D eigenvalue weighted by Crippen LogP contribution is -2.15. The molecule has 0 heterocycles. The molecule has 0 radical (unpaired) electrons. The second kappa shape index (κ2) is 13.2. The first-order valence-corrected chi connectivity index (χ1v) is 9.74. The zero-order valence-corrected chi connectivity index (χ0v) is 15.8. The predicted octanol–water partition coefficient (Wildman–Crippen LogP) is 1.79. The van der Waals surface area contributed by atoms with Crippen LogP contribution in [0.4, 0.5) is 0 Å². The molecule has 0 aromatic heterocycles. The molecule has 0 N–H and O–H groups in total. The zero-order valence-electron chi connectivity index (χ0n) is 14.9. The van der Waals surface area contributed by atoms with Crippen LogP contribution < -0.4 is 0 Å². The van der Waals surface area contributed by atoms with Crippen LogP contribution in [0.1, 0.15) is 12.5 Å². The van der Waals surface area contributed by atoms with Gasteiger partial charge >= 0.3 is 0 Å². The maximum atomic E-state index is 11.9. The van der Waals surface area contributed by atoms with Gasteiger partial charge in [-0.15, -0.1) is 0 Å². The standard InChI is InChI=1S/C17H28O7S/c1-3-20-8-9-21-10-11-22-12-13-23-14-15-24-25(18,19)17-6-4-16(2)5-7-17/h4-7H,3,8-15H2,1-2H3. The molecule has 0 atom stereocenters. The number of ether oxygens (including phenoxy) is 4. The Morgan fingerprint density at radius 1 is 0.720 bits per heavy atom. The van der Waals surface area contributed by atoms with E-state index < -0.39 is 10.1 Å². The third-order valence-electron chi connectivity index (χ3n) is 3.10. The monoisotopic (exact) mass is 376 g/mol. The van der Waals surface area contributed by atoms with Crippen molar-refractivity contribution in [2.24, 2.45) is 0 Å². The molecule has 0 unspecified atom stereocenters. The van der Waals surface area contributed by atoms with Crippen LogP contribution >= 0.6 is 0 Å². The van der Waals surface area contributed by atoms with Crippen LogP contribution in [0.15, 0.2) is 29.2 Å². The van der Waals surface area contributed by atoms with E-state index in [1.807, 2.05) is 13.8 Å². The molecule has 1 aromatic rings. The molecule has 0 aliphatic heterocycles. The van der Waals surface area contributed by atoms with Gasteiger partial charge in [0.15, 0.2) is 0 Å². The van der Waals surface area contributed by atoms with Gasteiger partial charge in [-0.3, -0.25) is 4.18 Å². The summed E-state index contributed by atoms with van der Waals surface area (Å²) in [6, 6.07) is 6.50. The van der Waals surface area contributed by atoms with Crippen molar-refractivity contribution in [3.05, 3.63) is 29.8 Å². The van der Waals surface area contributed by atoms with Crippen LogP contribution in [0.5, 0.6) is 0 Å². The SMILES string of the molecule is CCOCCOCCOCCOCCOS(=O)(=O)c1ccc(C)cc1. The third kappa shape index (κ3) is 10.5. The van der Waals surface area contributed by atoms with Crippen molar-refractivity contribution in [2.45, 2.75) is 18.7 Å². The fraction of sp³-hybridized carbons (Fsp3) is 0.647. The van der Waals surface area contributed by atoms with Crippen LogP contribution in [-0.4, -0.2) is 67.9 Å². The molecular weight excluding hydrogens is 348 g/mol. The molecule has 0 aliphatic rings. The highest BCUT2D eigenvalue weighted by Crippen LogP contribution is 2.12. The van der Waals surface area contributed by atoms with Gasteiger partial charge in [-0.25, -0.2) is 0 Å². The largest absolute Gasteiger partial charge is 0.379 e. The maximum Gasteiger partial charge on any atom is 0.297 e. The summed E-state index contributed by atoms with van der Waals surface area (Å²) in [6.45, 7) is 7.58. The van der Waals surface area contributed by atoms with Crippen molar-refractivity contribution in [3.63, 3.8) is 0 Å². The Labute approximate surface area is 150 Å². The van der Waals surface area contributed by atoms with Crippen molar-refractivity contribution >= 4 is 10.1 Å². The number of benzene rings is 1. The highest BCUT2D eigenvalue weighted by Gasteiger charge is 2.14. The summed E-state index contributed by atoms with van der Waals surface area (Å²) in [5, 5.41) is 0. The van der Waals surface area contributed by atoms with Gasteiger partial charge < -0.3 is 18.9 Å². The molecule has 0 saturated heterocycles. The van der Waals surface area contributed by atoms with Gasteiger partial charge in [0.2, 0.25) is 0 Å². The molecule has 1 rings (SSSR count). The van der Waals surface area contributed by atoms with E-state index in [1.54, 1.807) is 12.1 Å². The van der Waals surface area contributed by atoms with Gasteiger partial charge in [-0.2, -0.15) is 8.42 Å². The molecule has 0 aliphatic carbocycles. The van der Waals surface area contributed by atoms with E-state index in [9.17, 15) is 8.42 Å². The first kappa shape index (κ1) is 22.0. The highest BCUT2D eigenvalue weighted by atomic mass is 32.2. The molecule has 0 fully saturated rings.